The van der Waals surface area contributed by atoms with Crippen LogP contribution in [0, 0.1) is 6.92 Å². The SMILES string of the molecule is [CH2-]CCN1[Si](C)(C)CC[Si]1(C)C.[Li+]. The van der Waals surface area contributed by atoms with Crippen molar-refractivity contribution in [3.8, 4) is 0 Å². The maximum atomic E-state index is 3.98. The number of hydrogen-bond donors (Lipinski definition) is 0. The Morgan fingerprint density at radius 1 is 1.08 bits per heavy atom. The molecular formula is C9H22LiNSi2. The second kappa shape index (κ2) is 4.67. The van der Waals surface area contributed by atoms with Gasteiger partial charge in [0, 0.05) is 0 Å². The van der Waals surface area contributed by atoms with E-state index in [1.165, 1.54) is 18.6 Å². The molecule has 0 aliphatic carbocycles. The molecule has 0 aromatic carbocycles. The molecule has 1 aliphatic heterocycles. The molecule has 0 saturated carbocycles. The molecule has 0 unspecified atom stereocenters. The maximum absolute atomic E-state index is 3.98. The zero-order valence-corrected chi connectivity index (χ0v) is 12.0. The van der Waals surface area contributed by atoms with Gasteiger partial charge in [-0.1, -0.05) is 26.2 Å². The van der Waals surface area contributed by atoms with Crippen LogP contribution in [0.15, 0.2) is 0 Å². The summed E-state index contributed by atoms with van der Waals surface area (Å²) in [4.78, 5) is 0. The number of nitrogens with zero attached hydrogens (tertiary/aromatic N) is 1. The first-order valence-corrected chi connectivity index (χ1v) is 11.3. The van der Waals surface area contributed by atoms with Crippen molar-refractivity contribution in [1.82, 2.24) is 4.23 Å². The minimum Gasteiger partial charge on any atom is -0.348 e. The van der Waals surface area contributed by atoms with E-state index in [-0.39, 0.29) is 18.9 Å². The molecule has 1 nitrogen and oxygen atoms in total. The molecule has 4 heteroatoms. The summed E-state index contributed by atoms with van der Waals surface area (Å²) in [6.45, 7) is 15.3. The first-order valence-electron chi connectivity index (χ1n) is 4.97. The normalized spacial score (nSPS) is 25.6. The molecule has 0 atom stereocenters. The maximum Gasteiger partial charge on any atom is 1.00 e. The molecule has 0 bridgehead atoms. The predicted octanol–water partition coefficient (Wildman–Crippen LogP) is -0.0596. The van der Waals surface area contributed by atoms with E-state index < -0.39 is 16.5 Å². The van der Waals surface area contributed by atoms with Crippen LogP contribution in [0.25, 0.3) is 0 Å². The first kappa shape index (κ1) is 14.0. The van der Waals surface area contributed by atoms with Gasteiger partial charge in [-0.05, 0) is 18.6 Å². The molecule has 0 aromatic heterocycles. The van der Waals surface area contributed by atoms with Gasteiger partial charge in [0.2, 0.25) is 0 Å². The van der Waals surface area contributed by atoms with Gasteiger partial charge in [0.05, 0.1) is 0 Å². The molecule has 1 rings (SSSR count). The topological polar surface area (TPSA) is 3.24 Å². The van der Waals surface area contributed by atoms with E-state index in [9.17, 15) is 0 Å². The van der Waals surface area contributed by atoms with Crippen molar-refractivity contribution in [2.45, 2.75) is 44.7 Å². The summed E-state index contributed by atoms with van der Waals surface area (Å²) in [6.07, 6.45) is 1.09. The monoisotopic (exact) mass is 207 g/mol. The van der Waals surface area contributed by atoms with E-state index >= 15 is 0 Å². The fourth-order valence-electron chi connectivity index (χ4n) is 2.46. The van der Waals surface area contributed by atoms with Crippen molar-refractivity contribution in [2.24, 2.45) is 0 Å². The van der Waals surface area contributed by atoms with Crippen LogP contribution in [-0.2, 0) is 0 Å². The molecule has 0 amide bonds. The number of rotatable bonds is 2. The third kappa shape index (κ3) is 2.97. The molecular weight excluding hydrogens is 185 g/mol. The van der Waals surface area contributed by atoms with Gasteiger partial charge >= 0.3 is 18.9 Å². The van der Waals surface area contributed by atoms with E-state index in [1.54, 1.807) is 0 Å². The third-order valence-electron chi connectivity index (χ3n) is 3.19. The van der Waals surface area contributed by atoms with Crippen LogP contribution in [0.2, 0.25) is 38.3 Å². The van der Waals surface area contributed by atoms with Crippen LogP contribution >= 0.6 is 0 Å². The molecule has 1 heterocycles. The Morgan fingerprint density at radius 2 is 1.46 bits per heavy atom. The smallest absolute Gasteiger partial charge is 0.348 e. The van der Waals surface area contributed by atoms with Crippen molar-refractivity contribution >= 4 is 16.5 Å². The standard InChI is InChI=1S/C9H22NSi2.Li/c1-6-7-10-11(2,3)8-9-12(10,4)5;/h1,6-9H2,2-5H3;/q-1;+1. The van der Waals surface area contributed by atoms with Crippen LogP contribution in [0.5, 0.6) is 0 Å². The van der Waals surface area contributed by atoms with Crippen molar-refractivity contribution in [3.05, 3.63) is 6.92 Å². The Morgan fingerprint density at radius 3 is 1.77 bits per heavy atom. The summed E-state index contributed by atoms with van der Waals surface area (Å²) in [7, 11) is -1.94. The van der Waals surface area contributed by atoms with Gasteiger partial charge in [0.1, 0.15) is 16.5 Å². The molecule has 72 valence electrons. The van der Waals surface area contributed by atoms with Gasteiger partial charge in [-0.2, -0.15) is 6.42 Å². The Bertz CT molecular complexity index is 155. The van der Waals surface area contributed by atoms with Gasteiger partial charge in [0.15, 0.2) is 0 Å². The van der Waals surface area contributed by atoms with Crippen molar-refractivity contribution in [2.75, 3.05) is 6.54 Å². The Labute approximate surface area is 97.6 Å². The summed E-state index contributed by atoms with van der Waals surface area (Å²) in [5.41, 5.74) is 0. The molecule has 0 radical (unpaired) electrons. The Kier molecular flexibility index (Phi) is 5.03. The Hall–Kier alpha value is 0.991. The van der Waals surface area contributed by atoms with Gasteiger partial charge in [-0.25, -0.2) is 0 Å². The summed E-state index contributed by atoms with van der Waals surface area (Å²) in [6, 6.07) is 3.04. The average molecular weight is 207 g/mol. The van der Waals surface area contributed by atoms with Gasteiger partial charge in [0.25, 0.3) is 0 Å². The van der Waals surface area contributed by atoms with Crippen LogP contribution in [0.1, 0.15) is 6.42 Å². The van der Waals surface area contributed by atoms with Gasteiger partial charge < -0.3 is 11.2 Å². The summed E-state index contributed by atoms with van der Waals surface area (Å²) in [5.74, 6) is 0. The van der Waals surface area contributed by atoms with Crippen LogP contribution < -0.4 is 18.9 Å². The minimum atomic E-state index is -0.971. The second-order valence-corrected chi connectivity index (χ2v) is 14.9. The van der Waals surface area contributed by atoms with E-state index in [2.05, 4.69) is 37.3 Å². The van der Waals surface area contributed by atoms with E-state index in [1.807, 2.05) is 0 Å². The van der Waals surface area contributed by atoms with Crippen LogP contribution in [0.4, 0.5) is 0 Å². The molecule has 0 N–H and O–H groups in total. The first-order chi connectivity index (χ1) is 5.40. The second-order valence-electron chi connectivity index (χ2n) is 5.13. The van der Waals surface area contributed by atoms with Crippen molar-refractivity contribution in [1.29, 1.82) is 0 Å². The largest absolute Gasteiger partial charge is 1.00 e. The molecule has 0 aromatic rings. The summed E-state index contributed by atoms with van der Waals surface area (Å²) < 4.78 is 2.88. The van der Waals surface area contributed by atoms with Crippen LogP contribution in [0.3, 0.4) is 0 Å². The average Bonchev–Trinajstić information content (AvgIpc) is 2.13. The van der Waals surface area contributed by atoms with Gasteiger partial charge in [-0.3, -0.25) is 0 Å². The molecule has 1 saturated heterocycles. The van der Waals surface area contributed by atoms with Gasteiger partial charge in [-0.15, -0.1) is 0 Å². The number of hydrogen-bond acceptors (Lipinski definition) is 1. The zero-order chi connectivity index (χ0) is 9.41. The summed E-state index contributed by atoms with van der Waals surface area (Å²) >= 11 is 0. The summed E-state index contributed by atoms with van der Waals surface area (Å²) in [5, 5.41) is 0. The molecule has 1 fully saturated rings. The molecule has 0 spiro atoms. The predicted molar refractivity (Wildman–Crippen MR) is 61.3 cm³/mol. The molecule has 13 heavy (non-hydrogen) atoms. The zero-order valence-electron chi connectivity index (χ0n) is 9.98. The van der Waals surface area contributed by atoms with Crippen molar-refractivity contribution < 1.29 is 18.9 Å². The van der Waals surface area contributed by atoms with E-state index in [0.29, 0.717) is 0 Å². The third-order valence-corrected chi connectivity index (χ3v) is 13.6. The fraction of sp³-hybridized carbons (Fsp3) is 0.889. The Balaban J connectivity index is 0.00000144. The minimum absolute atomic E-state index is 0. The fourth-order valence-corrected chi connectivity index (χ4v) is 16.7. The van der Waals surface area contributed by atoms with E-state index in [0.717, 1.165) is 6.42 Å². The quantitative estimate of drug-likeness (QED) is 0.453. The van der Waals surface area contributed by atoms with Crippen LogP contribution in [-0.4, -0.2) is 27.2 Å². The van der Waals surface area contributed by atoms with E-state index in [4.69, 9.17) is 0 Å². The van der Waals surface area contributed by atoms with Crippen molar-refractivity contribution in [3.63, 3.8) is 0 Å². The molecule has 1 aliphatic rings.